The molecule has 0 amide bonds. The standard InChI is InChI=1S/C19H24/c1-6-15-13-17(16-10-8-7-9-11-16)12-14(2)18(15)19(3,4)5/h7-13H,6H2,1-5H3/i2D3,6D2. The first-order chi connectivity index (χ1) is 10.8. The molecule has 0 spiro atoms. The number of rotatable bonds is 2. The van der Waals surface area contributed by atoms with Crippen molar-refractivity contribution in [1.82, 2.24) is 0 Å². The number of hydrogen-bond acceptors (Lipinski definition) is 0. The highest BCUT2D eigenvalue weighted by Crippen LogP contribution is 2.33. The van der Waals surface area contributed by atoms with Crippen molar-refractivity contribution in [3.63, 3.8) is 0 Å². The normalized spacial score (nSPS) is 16.9. The highest BCUT2D eigenvalue weighted by atomic mass is 14.2. The maximum absolute atomic E-state index is 8.24. The Hall–Kier alpha value is -1.56. The van der Waals surface area contributed by atoms with E-state index in [1.165, 1.54) is 6.92 Å². The fourth-order valence-electron chi connectivity index (χ4n) is 2.44. The van der Waals surface area contributed by atoms with Gasteiger partial charge >= 0.3 is 0 Å². The molecular weight excluding hydrogens is 228 g/mol. The van der Waals surface area contributed by atoms with Gasteiger partial charge in [-0.15, -0.1) is 0 Å². The summed E-state index contributed by atoms with van der Waals surface area (Å²) in [6.07, 6.45) is -1.63. The van der Waals surface area contributed by atoms with Crippen LogP contribution in [0.4, 0.5) is 0 Å². The van der Waals surface area contributed by atoms with E-state index in [1.54, 1.807) is 12.1 Å². The monoisotopic (exact) mass is 257 g/mol. The first-order valence-electron chi connectivity index (χ1n) is 9.07. The third-order valence-electron chi connectivity index (χ3n) is 3.26. The van der Waals surface area contributed by atoms with Gasteiger partial charge < -0.3 is 0 Å². The highest BCUT2D eigenvalue weighted by Gasteiger charge is 2.20. The summed E-state index contributed by atoms with van der Waals surface area (Å²) in [5.41, 5.74) is 2.40. The van der Waals surface area contributed by atoms with Gasteiger partial charge in [0.1, 0.15) is 0 Å². The van der Waals surface area contributed by atoms with E-state index >= 15 is 0 Å². The topological polar surface area (TPSA) is 0 Å². The third-order valence-corrected chi connectivity index (χ3v) is 3.26. The van der Waals surface area contributed by atoms with Gasteiger partial charge in [-0.1, -0.05) is 70.2 Å². The Morgan fingerprint density at radius 1 is 1.05 bits per heavy atom. The molecule has 0 heteroatoms. The largest absolute Gasteiger partial charge is 0.0622 e. The smallest absolute Gasteiger partial charge is 0.0313 e. The molecule has 0 saturated heterocycles. The van der Waals surface area contributed by atoms with E-state index < -0.39 is 18.6 Å². The maximum atomic E-state index is 8.24. The zero-order chi connectivity index (χ0) is 18.3. The van der Waals surface area contributed by atoms with Crippen LogP contribution >= 0.6 is 0 Å². The first kappa shape index (κ1) is 8.58. The van der Waals surface area contributed by atoms with Crippen LogP contribution < -0.4 is 0 Å². The fourth-order valence-corrected chi connectivity index (χ4v) is 2.44. The van der Waals surface area contributed by atoms with Gasteiger partial charge in [0.05, 0.1) is 0 Å². The minimum Gasteiger partial charge on any atom is -0.0622 e. The summed E-state index contributed by atoms with van der Waals surface area (Å²) >= 11 is 0. The highest BCUT2D eigenvalue weighted by molar-refractivity contribution is 5.66. The van der Waals surface area contributed by atoms with Crippen LogP contribution in [0.5, 0.6) is 0 Å². The predicted molar refractivity (Wildman–Crippen MR) is 84.7 cm³/mol. The zero-order valence-corrected chi connectivity index (χ0v) is 12.0. The summed E-state index contributed by atoms with van der Waals surface area (Å²) in [7, 11) is 0. The molecule has 0 nitrogen and oxygen atoms in total. The Balaban J connectivity index is 2.90. The van der Waals surface area contributed by atoms with Crippen LogP contribution in [0, 0.1) is 6.85 Å². The van der Waals surface area contributed by atoms with Crippen molar-refractivity contribution >= 4 is 0 Å². The molecular formula is C19H24. The molecule has 2 aromatic carbocycles. The minimum absolute atomic E-state index is 0.233. The average molecular weight is 257 g/mol. The lowest BCUT2D eigenvalue weighted by Gasteiger charge is -2.26. The van der Waals surface area contributed by atoms with Crippen LogP contribution in [-0.2, 0) is 11.8 Å². The van der Waals surface area contributed by atoms with Gasteiger partial charge in [-0.25, -0.2) is 0 Å². The molecule has 0 heterocycles. The molecule has 0 radical (unpaired) electrons. The summed E-state index contributed by atoms with van der Waals surface area (Å²) in [4.78, 5) is 0. The Bertz CT molecular complexity index is 681. The van der Waals surface area contributed by atoms with Crippen molar-refractivity contribution in [2.45, 2.75) is 46.3 Å². The molecule has 0 N–H and O–H groups in total. The van der Waals surface area contributed by atoms with Gasteiger partial charge in [0.2, 0.25) is 0 Å². The van der Waals surface area contributed by atoms with Gasteiger partial charge in [0.25, 0.3) is 0 Å². The third kappa shape index (κ3) is 2.89. The molecule has 100 valence electrons. The SMILES string of the molecule is [2H]C([2H])([2H])c1cc(-c2ccccc2)cc(C([2H])([2H])C)c1C(C)(C)C. The van der Waals surface area contributed by atoms with Crippen LogP contribution in [-0.4, -0.2) is 0 Å². The quantitative estimate of drug-likeness (QED) is 0.664. The van der Waals surface area contributed by atoms with Crippen molar-refractivity contribution in [1.29, 1.82) is 0 Å². The first-order valence-corrected chi connectivity index (χ1v) is 6.57. The lowest BCUT2D eigenvalue weighted by Crippen LogP contribution is -2.16. The molecule has 0 aliphatic rings. The molecule has 0 saturated carbocycles. The van der Waals surface area contributed by atoms with Crippen molar-refractivity contribution in [3.8, 4) is 11.1 Å². The molecule has 0 aromatic heterocycles. The van der Waals surface area contributed by atoms with Crippen LogP contribution in [0.15, 0.2) is 42.5 Å². The van der Waals surface area contributed by atoms with Crippen molar-refractivity contribution in [3.05, 3.63) is 59.2 Å². The van der Waals surface area contributed by atoms with Gasteiger partial charge in [0.15, 0.2) is 0 Å². The minimum atomic E-state index is -2.30. The lowest BCUT2D eigenvalue weighted by atomic mass is 9.79. The van der Waals surface area contributed by atoms with Gasteiger partial charge in [0, 0.05) is 6.85 Å². The van der Waals surface area contributed by atoms with Crippen molar-refractivity contribution in [2.75, 3.05) is 0 Å². The van der Waals surface area contributed by atoms with Crippen LogP contribution in [0.1, 0.15) is 51.2 Å². The molecule has 0 aliphatic carbocycles. The summed E-state index contributed by atoms with van der Waals surface area (Å²) in [6, 6.07) is 13.0. The van der Waals surface area contributed by atoms with Crippen LogP contribution in [0.3, 0.4) is 0 Å². The average Bonchev–Trinajstić information content (AvgIpc) is 2.44. The molecule has 0 bridgehead atoms. The van der Waals surface area contributed by atoms with E-state index in [2.05, 4.69) is 0 Å². The van der Waals surface area contributed by atoms with Gasteiger partial charge in [-0.05, 0) is 46.5 Å². The Morgan fingerprint density at radius 3 is 2.26 bits per heavy atom. The van der Waals surface area contributed by atoms with Gasteiger partial charge in [-0.2, -0.15) is 0 Å². The molecule has 0 aliphatic heterocycles. The maximum Gasteiger partial charge on any atom is 0.0313 e. The lowest BCUT2D eigenvalue weighted by molar-refractivity contribution is 0.579. The summed E-state index contributed by atoms with van der Waals surface area (Å²) in [5, 5.41) is 0. The molecule has 0 atom stereocenters. The number of aryl methyl sites for hydroxylation is 2. The van der Waals surface area contributed by atoms with E-state index in [-0.39, 0.29) is 5.56 Å². The summed E-state index contributed by atoms with van der Waals surface area (Å²) < 4.78 is 40.4. The van der Waals surface area contributed by atoms with E-state index in [0.29, 0.717) is 11.1 Å². The van der Waals surface area contributed by atoms with E-state index in [0.717, 1.165) is 11.1 Å². The van der Waals surface area contributed by atoms with E-state index in [1.807, 2.05) is 51.1 Å². The second kappa shape index (κ2) is 5.21. The summed E-state index contributed by atoms with van der Waals surface area (Å²) in [6.45, 7) is 4.96. The number of benzene rings is 2. The fraction of sp³-hybridized carbons (Fsp3) is 0.368. The van der Waals surface area contributed by atoms with E-state index in [9.17, 15) is 0 Å². The Labute approximate surface area is 124 Å². The molecule has 0 unspecified atom stereocenters. The van der Waals surface area contributed by atoms with Gasteiger partial charge in [-0.3, -0.25) is 0 Å². The van der Waals surface area contributed by atoms with E-state index in [4.69, 9.17) is 6.85 Å². The second-order valence-corrected chi connectivity index (χ2v) is 5.81. The van der Waals surface area contributed by atoms with Crippen LogP contribution in [0.2, 0.25) is 0 Å². The van der Waals surface area contributed by atoms with Crippen molar-refractivity contribution in [2.24, 2.45) is 0 Å². The Kier molecular flexibility index (Phi) is 2.35. The molecule has 19 heavy (non-hydrogen) atoms. The molecule has 2 aromatic rings. The zero-order valence-electron chi connectivity index (χ0n) is 17.0. The second-order valence-electron chi connectivity index (χ2n) is 5.81. The summed E-state index contributed by atoms with van der Waals surface area (Å²) in [5.74, 6) is 0. The molecule has 2 rings (SSSR count). The Morgan fingerprint density at radius 2 is 1.74 bits per heavy atom. The number of hydrogen-bond donors (Lipinski definition) is 0. The predicted octanol–water partition coefficient (Wildman–Crippen LogP) is 5.52. The molecule has 0 fully saturated rings. The van der Waals surface area contributed by atoms with Crippen LogP contribution in [0.25, 0.3) is 11.1 Å². The van der Waals surface area contributed by atoms with Crippen molar-refractivity contribution < 1.29 is 6.85 Å².